The molecular formula is C13H26N4O. The third-order valence-electron chi connectivity index (χ3n) is 3.13. The second-order valence-corrected chi connectivity index (χ2v) is 4.47. The summed E-state index contributed by atoms with van der Waals surface area (Å²) in [6.45, 7) is 8.24. The van der Waals surface area contributed by atoms with Crippen LogP contribution in [0, 0.1) is 0 Å². The Morgan fingerprint density at radius 1 is 1.33 bits per heavy atom. The fourth-order valence-electron chi connectivity index (χ4n) is 2.18. The van der Waals surface area contributed by atoms with Gasteiger partial charge >= 0.3 is 0 Å². The van der Waals surface area contributed by atoms with E-state index < -0.39 is 0 Å². The summed E-state index contributed by atoms with van der Waals surface area (Å²) in [6.07, 6.45) is 5.26. The zero-order valence-electron chi connectivity index (χ0n) is 12.0. The van der Waals surface area contributed by atoms with Crippen molar-refractivity contribution in [3.63, 3.8) is 0 Å². The summed E-state index contributed by atoms with van der Waals surface area (Å²) in [5.74, 6) is 0. The van der Waals surface area contributed by atoms with Crippen molar-refractivity contribution in [1.82, 2.24) is 20.3 Å². The Morgan fingerprint density at radius 3 is 2.67 bits per heavy atom. The van der Waals surface area contributed by atoms with Gasteiger partial charge in [-0.15, -0.1) is 5.10 Å². The molecule has 0 aromatic carbocycles. The zero-order chi connectivity index (χ0) is 13.4. The van der Waals surface area contributed by atoms with Gasteiger partial charge in [0.05, 0.1) is 24.0 Å². The molecule has 0 fully saturated rings. The topological polar surface area (TPSA) is 52.0 Å². The fourth-order valence-corrected chi connectivity index (χ4v) is 2.18. The average molecular weight is 254 g/mol. The normalized spacial score (nSPS) is 14.7. The van der Waals surface area contributed by atoms with Gasteiger partial charge in [-0.05, 0) is 26.3 Å². The van der Waals surface area contributed by atoms with Gasteiger partial charge in [0.1, 0.15) is 0 Å². The van der Waals surface area contributed by atoms with Crippen molar-refractivity contribution in [2.45, 2.75) is 58.7 Å². The van der Waals surface area contributed by atoms with Gasteiger partial charge in [0.15, 0.2) is 0 Å². The monoisotopic (exact) mass is 254 g/mol. The van der Waals surface area contributed by atoms with Gasteiger partial charge in [0, 0.05) is 13.7 Å². The van der Waals surface area contributed by atoms with Crippen LogP contribution in [-0.2, 0) is 11.3 Å². The number of hydrogen-bond acceptors (Lipinski definition) is 4. The smallest absolute Gasteiger partial charge is 0.0782 e. The summed E-state index contributed by atoms with van der Waals surface area (Å²) in [6, 6.07) is 0.171. The van der Waals surface area contributed by atoms with Crippen molar-refractivity contribution in [2.75, 3.05) is 13.7 Å². The van der Waals surface area contributed by atoms with Crippen molar-refractivity contribution in [3.05, 3.63) is 11.9 Å². The fraction of sp³-hybridized carbons (Fsp3) is 0.846. The lowest BCUT2D eigenvalue weighted by Crippen LogP contribution is -2.35. The van der Waals surface area contributed by atoms with Crippen LogP contribution < -0.4 is 5.32 Å². The average Bonchev–Trinajstić information content (AvgIpc) is 2.86. The van der Waals surface area contributed by atoms with E-state index in [9.17, 15) is 0 Å². The molecule has 1 rings (SSSR count). The highest BCUT2D eigenvalue weighted by molar-refractivity contribution is 5.05. The second-order valence-electron chi connectivity index (χ2n) is 4.47. The lowest BCUT2D eigenvalue weighted by molar-refractivity contribution is 0.0578. The van der Waals surface area contributed by atoms with Crippen LogP contribution in [0.25, 0.3) is 0 Å². The van der Waals surface area contributed by atoms with Crippen LogP contribution in [0.5, 0.6) is 0 Å². The van der Waals surface area contributed by atoms with E-state index in [0.717, 1.165) is 38.0 Å². The predicted octanol–water partition coefficient (Wildman–Crippen LogP) is 2.15. The Hall–Kier alpha value is -0.940. The Kier molecular flexibility index (Phi) is 6.90. The molecule has 0 saturated carbocycles. The third-order valence-corrected chi connectivity index (χ3v) is 3.13. The van der Waals surface area contributed by atoms with Crippen LogP contribution in [0.4, 0.5) is 0 Å². The molecule has 0 aliphatic rings. The summed E-state index contributed by atoms with van der Waals surface area (Å²) in [5.41, 5.74) is 1.12. The van der Waals surface area contributed by atoms with Crippen molar-refractivity contribution >= 4 is 0 Å². The highest BCUT2D eigenvalue weighted by Gasteiger charge is 2.25. The van der Waals surface area contributed by atoms with E-state index in [1.54, 1.807) is 7.11 Å². The SMILES string of the molecule is CCCNC(c1cnnn1CC)C(CCC)OC. The largest absolute Gasteiger partial charge is 0.379 e. The van der Waals surface area contributed by atoms with Gasteiger partial charge in [-0.25, -0.2) is 4.68 Å². The number of nitrogens with one attached hydrogen (secondary N) is 1. The molecule has 104 valence electrons. The van der Waals surface area contributed by atoms with Crippen molar-refractivity contribution < 1.29 is 4.74 Å². The van der Waals surface area contributed by atoms with Crippen LogP contribution in [0.1, 0.15) is 51.8 Å². The van der Waals surface area contributed by atoms with E-state index in [-0.39, 0.29) is 12.1 Å². The summed E-state index contributed by atoms with van der Waals surface area (Å²) in [7, 11) is 1.78. The zero-order valence-corrected chi connectivity index (χ0v) is 12.0. The van der Waals surface area contributed by atoms with E-state index >= 15 is 0 Å². The summed E-state index contributed by atoms with van der Waals surface area (Å²) in [4.78, 5) is 0. The number of aryl methyl sites for hydroxylation is 1. The molecule has 0 saturated heterocycles. The molecule has 2 unspecified atom stereocenters. The summed E-state index contributed by atoms with van der Waals surface area (Å²) < 4.78 is 7.58. The number of nitrogens with zero attached hydrogens (tertiary/aromatic N) is 3. The molecule has 0 aliphatic carbocycles. The number of ether oxygens (including phenoxy) is 1. The molecule has 0 amide bonds. The predicted molar refractivity (Wildman–Crippen MR) is 72.4 cm³/mol. The number of rotatable bonds is 9. The molecule has 2 atom stereocenters. The third kappa shape index (κ3) is 3.78. The van der Waals surface area contributed by atoms with Crippen LogP contribution in [0.15, 0.2) is 6.20 Å². The molecule has 0 aliphatic heterocycles. The molecule has 1 heterocycles. The van der Waals surface area contributed by atoms with Crippen LogP contribution in [0.3, 0.4) is 0 Å². The number of hydrogen-bond donors (Lipinski definition) is 1. The van der Waals surface area contributed by atoms with Gasteiger partial charge in [-0.1, -0.05) is 25.5 Å². The quantitative estimate of drug-likeness (QED) is 0.733. The second kappa shape index (κ2) is 8.21. The van der Waals surface area contributed by atoms with Gasteiger partial charge in [0.2, 0.25) is 0 Å². The molecule has 5 nitrogen and oxygen atoms in total. The van der Waals surface area contributed by atoms with E-state index in [2.05, 4.69) is 36.4 Å². The summed E-state index contributed by atoms with van der Waals surface area (Å²) >= 11 is 0. The Bertz CT molecular complexity index is 327. The minimum atomic E-state index is 0.171. The highest BCUT2D eigenvalue weighted by atomic mass is 16.5. The highest BCUT2D eigenvalue weighted by Crippen LogP contribution is 2.21. The van der Waals surface area contributed by atoms with Crippen LogP contribution in [-0.4, -0.2) is 34.8 Å². The Balaban J connectivity index is 2.88. The van der Waals surface area contributed by atoms with Crippen molar-refractivity contribution in [3.8, 4) is 0 Å². The Labute approximate surface area is 110 Å². The van der Waals surface area contributed by atoms with Gasteiger partial charge < -0.3 is 10.1 Å². The minimum Gasteiger partial charge on any atom is -0.379 e. The van der Waals surface area contributed by atoms with E-state index in [0.29, 0.717) is 0 Å². The summed E-state index contributed by atoms with van der Waals surface area (Å²) in [5, 5.41) is 11.7. The molecule has 1 N–H and O–H groups in total. The Morgan fingerprint density at radius 2 is 2.11 bits per heavy atom. The maximum Gasteiger partial charge on any atom is 0.0782 e. The first-order valence-electron chi connectivity index (χ1n) is 6.92. The van der Waals surface area contributed by atoms with E-state index in [1.807, 2.05) is 10.9 Å². The first-order chi connectivity index (χ1) is 8.78. The van der Waals surface area contributed by atoms with Crippen LogP contribution >= 0.6 is 0 Å². The molecule has 1 aromatic rings. The molecular weight excluding hydrogens is 228 g/mol. The van der Waals surface area contributed by atoms with Crippen molar-refractivity contribution in [2.24, 2.45) is 0 Å². The lowest BCUT2D eigenvalue weighted by atomic mass is 10.0. The van der Waals surface area contributed by atoms with E-state index in [1.165, 1.54) is 0 Å². The molecule has 0 radical (unpaired) electrons. The molecule has 0 bridgehead atoms. The first kappa shape index (κ1) is 15.1. The number of methoxy groups -OCH3 is 1. The van der Waals surface area contributed by atoms with Gasteiger partial charge in [0.25, 0.3) is 0 Å². The number of aromatic nitrogens is 3. The minimum absolute atomic E-state index is 0.171. The van der Waals surface area contributed by atoms with Crippen molar-refractivity contribution in [1.29, 1.82) is 0 Å². The van der Waals surface area contributed by atoms with Gasteiger partial charge in [-0.3, -0.25) is 0 Å². The molecule has 1 aromatic heterocycles. The van der Waals surface area contributed by atoms with Gasteiger partial charge in [-0.2, -0.15) is 0 Å². The molecule has 5 heteroatoms. The molecule has 0 spiro atoms. The standard InChI is InChI=1S/C13H26N4O/c1-5-8-12(18-4)13(14-9-6-2)11-10-15-16-17(11)7-3/h10,12-14H,5-9H2,1-4H3. The first-order valence-corrected chi connectivity index (χ1v) is 6.92. The maximum absolute atomic E-state index is 5.64. The lowest BCUT2D eigenvalue weighted by Gasteiger charge is -2.27. The molecule has 18 heavy (non-hydrogen) atoms. The maximum atomic E-state index is 5.64. The van der Waals surface area contributed by atoms with E-state index in [4.69, 9.17) is 4.74 Å². The van der Waals surface area contributed by atoms with Crippen LogP contribution in [0.2, 0.25) is 0 Å².